The second kappa shape index (κ2) is 5.74. The van der Waals surface area contributed by atoms with Gasteiger partial charge in [0.2, 0.25) is 5.56 Å². The Balaban J connectivity index is 1.72. The van der Waals surface area contributed by atoms with E-state index in [-0.39, 0.29) is 5.56 Å². The maximum absolute atomic E-state index is 11.6. The van der Waals surface area contributed by atoms with Crippen LogP contribution in [-0.4, -0.2) is 20.8 Å². The number of anilines is 1. The van der Waals surface area contributed by atoms with Gasteiger partial charge in [0.1, 0.15) is 0 Å². The van der Waals surface area contributed by atoms with E-state index in [1.54, 1.807) is 23.9 Å². The number of nitrogens with one attached hydrogen (secondary N) is 1. The molecular formula is C19H20N4O. The van der Waals surface area contributed by atoms with Crippen LogP contribution in [0, 0.1) is 5.92 Å². The van der Waals surface area contributed by atoms with Crippen molar-refractivity contribution < 1.29 is 0 Å². The van der Waals surface area contributed by atoms with E-state index in [1.165, 1.54) is 12.8 Å². The van der Waals surface area contributed by atoms with Gasteiger partial charge >= 0.3 is 0 Å². The number of aryl methyl sites for hydroxylation is 1. The van der Waals surface area contributed by atoms with E-state index in [9.17, 15) is 4.79 Å². The standard InChI is InChI=1S/C19H20N4O/c1-12(13-3-4-13)21-18-10-20-22-17-9-14(5-7-16(17)18)15-6-8-19(24)23(2)11-15/h5-13H,3-4H2,1-2H3,(H,21,22)/t12-/m1/s1. The Morgan fingerprint density at radius 1 is 1.21 bits per heavy atom. The van der Waals surface area contributed by atoms with Gasteiger partial charge in [0.05, 0.1) is 17.4 Å². The van der Waals surface area contributed by atoms with Crippen LogP contribution in [0.1, 0.15) is 19.8 Å². The predicted octanol–water partition coefficient (Wildman–Crippen LogP) is 3.21. The maximum Gasteiger partial charge on any atom is 0.250 e. The van der Waals surface area contributed by atoms with Crippen LogP contribution in [0.25, 0.3) is 22.0 Å². The van der Waals surface area contributed by atoms with Gasteiger partial charge in [0.25, 0.3) is 0 Å². The van der Waals surface area contributed by atoms with Gasteiger partial charge in [-0.05, 0) is 55.0 Å². The lowest BCUT2D eigenvalue weighted by molar-refractivity contribution is 0.694. The molecule has 0 bridgehead atoms. The number of benzene rings is 1. The lowest BCUT2D eigenvalue weighted by Gasteiger charge is -2.15. The third-order valence-electron chi connectivity index (χ3n) is 4.77. The molecule has 122 valence electrons. The normalized spacial score (nSPS) is 15.4. The van der Waals surface area contributed by atoms with Crippen molar-refractivity contribution in [1.29, 1.82) is 0 Å². The summed E-state index contributed by atoms with van der Waals surface area (Å²) in [6, 6.07) is 10.0. The maximum atomic E-state index is 11.6. The van der Waals surface area contributed by atoms with E-state index in [4.69, 9.17) is 0 Å². The highest BCUT2D eigenvalue weighted by Gasteiger charge is 2.28. The van der Waals surface area contributed by atoms with E-state index in [1.807, 2.05) is 18.3 Å². The summed E-state index contributed by atoms with van der Waals surface area (Å²) in [6.45, 7) is 2.22. The Kier molecular flexibility index (Phi) is 3.56. The van der Waals surface area contributed by atoms with Crippen molar-refractivity contribution in [2.75, 3.05) is 5.32 Å². The minimum atomic E-state index is -0.0140. The molecule has 24 heavy (non-hydrogen) atoms. The largest absolute Gasteiger partial charge is 0.380 e. The Hall–Kier alpha value is -2.69. The number of hydrogen-bond acceptors (Lipinski definition) is 4. The van der Waals surface area contributed by atoms with Crippen molar-refractivity contribution in [2.24, 2.45) is 13.0 Å². The van der Waals surface area contributed by atoms with Crippen LogP contribution < -0.4 is 10.9 Å². The average molecular weight is 320 g/mol. The fourth-order valence-corrected chi connectivity index (χ4v) is 3.08. The second-order valence-corrected chi connectivity index (χ2v) is 6.63. The number of fused-ring (bicyclic) bond motifs is 1. The molecule has 0 unspecified atom stereocenters. The molecule has 2 heterocycles. The van der Waals surface area contributed by atoms with Crippen LogP contribution in [0.15, 0.2) is 47.5 Å². The van der Waals surface area contributed by atoms with Gasteiger partial charge in [-0.2, -0.15) is 10.2 Å². The van der Waals surface area contributed by atoms with Gasteiger partial charge < -0.3 is 9.88 Å². The van der Waals surface area contributed by atoms with Crippen LogP contribution in [0.4, 0.5) is 5.69 Å². The fourth-order valence-electron chi connectivity index (χ4n) is 3.08. The summed E-state index contributed by atoms with van der Waals surface area (Å²) in [6.07, 6.45) is 6.25. The molecule has 1 atom stereocenters. The molecule has 1 aromatic carbocycles. The molecule has 1 aliphatic carbocycles. The molecule has 0 aliphatic heterocycles. The molecule has 1 fully saturated rings. The minimum absolute atomic E-state index is 0.0140. The van der Waals surface area contributed by atoms with Gasteiger partial charge in [0.15, 0.2) is 0 Å². The average Bonchev–Trinajstić information content (AvgIpc) is 3.42. The zero-order chi connectivity index (χ0) is 16.7. The van der Waals surface area contributed by atoms with Gasteiger partial charge in [-0.25, -0.2) is 0 Å². The molecule has 2 aromatic heterocycles. The highest BCUT2D eigenvalue weighted by atomic mass is 16.1. The van der Waals surface area contributed by atoms with Gasteiger partial charge in [-0.3, -0.25) is 4.79 Å². The number of pyridine rings is 1. The molecule has 3 aromatic rings. The topological polar surface area (TPSA) is 59.8 Å². The van der Waals surface area contributed by atoms with Gasteiger partial charge in [-0.15, -0.1) is 0 Å². The summed E-state index contributed by atoms with van der Waals surface area (Å²) in [5.41, 5.74) is 3.89. The Morgan fingerprint density at radius 3 is 2.75 bits per heavy atom. The SMILES string of the molecule is C[C@@H](Nc1cnnc2cc(-c3ccc(=O)n(C)c3)ccc12)C1CC1. The highest BCUT2D eigenvalue weighted by Crippen LogP contribution is 2.35. The lowest BCUT2D eigenvalue weighted by atomic mass is 10.0. The fraction of sp³-hybridized carbons (Fsp3) is 0.316. The number of aromatic nitrogens is 3. The van der Waals surface area contributed by atoms with Crippen molar-refractivity contribution >= 4 is 16.6 Å². The zero-order valence-corrected chi connectivity index (χ0v) is 13.9. The summed E-state index contributed by atoms with van der Waals surface area (Å²) < 4.78 is 1.58. The van der Waals surface area contributed by atoms with E-state index in [0.29, 0.717) is 6.04 Å². The summed E-state index contributed by atoms with van der Waals surface area (Å²) in [5, 5.41) is 13.1. The van der Waals surface area contributed by atoms with E-state index in [2.05, 4.69) is 34.6 Å². The Bertz CT molecular complexity index is 959. The van der Waals surface area contributed by atoms with Crippen molar-refractivity contribution in [3.05, 3.63) is 53.1 Å². The first-order valence-electron chi connectivity index (χ1n) is 8.31. The summed E-state index contributed by atoms with van der Waals surface area (Å²) in [4.78, 5) is 11.6. The molecule has 4 rings (SSSR count). The molecule has 1 aliphatic rings. The van der Waals surface area contributed by atoms with Crippen LogP contribution in [0.3, 0.4) is 0 Å². The first-order valence-corrected chi connectivity index (χ1v) is 8.31. The van der Waals surface area contributed by atoms with Crippen molar-refractivity contribution in [3.63, 3.8) is 0 Å². The smallest absolute Gasteiger partial charge is 0.250 e. The van der Waals surface area contributed by atoms with Crippen LogP contribution in [0.5, 0.6) is 0 Å². The second-order valence-electron chi connectivity index (χ2n) is 6.63. The van der Waals surface area contributed by atoms with E-state index >= 15 is 0 Å². The monoisotopic (exact) mass is 320 g/mol. The molecule has 0 spiro atoms. The van der Waals surface area contributed by atoms with Crippen molar-refractivity contribution in [1.82, 2.24) is 14.8 Å². The molecule has 1 N–H and O–H groups in total. The molecule has 0 radical (unpaired) electrons. The highest BCUT2D eigenvalue weighted by molar-refractivity contribution is 5.93. The quantitative estimate of drug-likeness (QED) is 0.802. The van der Waals surface area contributed by atoms with Crippen molar-refractivity contribution in [2.45, 2.75) is 25.8 Å². The molecular weight excluding hydrogens is 300 g/mol. The van der Waals surface area contributed by atoms with Crippen LogP contribution in [-0.2, 0) is 7.05 Å². The van der Waals surface area contributed by atoms with Crippen LogP contribution in [0.2, 0.25) is 0 Å². The zero-order valence-electron chi connectivity index (χ0n) is 13.9. The molecule has 5 nitrogen and oxygen atoms in total. The Labute approximate surface area is 140 Å². The number of rotatable bonds is 4. The molecule has 1 saturated carbocycles. The molecule has 0 saturated heterocycles. The third kappa shape index (κ3) is 2.77. The summed E-state index contributed by atoms with van der Waals surface area (Å²) in [7, 11) is 1.76. The first-order chi connectivity index (χ1) is 11.6. The molecule has 5 heteroatoms. The van der Waals surface area contributed by atoms with Gasteiger partial charge in [-0.1, -0.05) is 6.07 Å². The van der Waals surface area contributed by atoms with Crippen LogP contribution >= 0.6 is 0 Å². The Morgan fingerprint density at radius 2 is 2.00 bits per heavy atom. The first kappa shape index (κ1) is 14.9. The predicted molar refractivity (Wildman–Crippen MR) is 96.0 cm³/mol. The number of hydrogen-bond donors (Lipinski definition) is 1. The van der Waals surface area contributed by atoms with E-state index in [0.717, 1.165) is 33.6 Å². The van der Waals surface area contributed by atoms with E-state index < -0.39 is 0 Å². The minimum Gasteiger partial charge on any atom is -0.380 e. The lowest BCUT2D eigenvalue weighted by Crippen LogP contribution is -2.17. The van der Waals surface area contributed by atoms with Crippen molar-refractivity contribution in [3.8, 4) is 11.1 Å². The summed E-state index contributed by atoms with van der Waals surface area (Å²) in [5.74, 6) is 0.776. The molecule has 0 amide bonds. The summed E-state index contributed by atoms with van der Waals surface area (Å²) >= 11 is 0. The third-order valence-corrected chi connectivity index (χ3v) is 4.77. The number of nitrogens with zero attached hydrogens (tertiary/aromatic N) is 3. The van der Waals surface area contributed by atoms with Gasteiger partial charge in [0, 0.05) is 30.7 Å².